The van der Waals surface area contributed by atoms with Gasteiger partial charge < -0.3 is 20.3 Å². The van der Waals surface area contributed by atoms with E-state index in [0.717, 1.165) is 18.8 Å². The first-order chi connectivity index (χ1) is 19.6. The zero-order valence-corrected chi connectivity index (χ0v) is 22.5. The van der Waals surface area contributed by atoms with Gasteiger partial charge in [0.15, 0.2) is 5.78 Å². The van der Waals surface area contributed by atoms with E-state index in [1.54, 1.807) is 66.7 Å². The molecule has 1 aliphatic rings. The highest BCUT2D eigenvalue weighted by molar-refractivity contribution is 6.10. The molecular weight excluding hydrogens is 506 g/mol. The molecule has 0 saturated carbocycles. The normalized spacial score (nSPS) is 12.5. The van der Waals surface area contributed by atoms with E-state index in [0.29, 0.717) is 46.8 Å². The molecule has 1 fully saturated rings. The second-order valence-corrected chi connectivity index (χ2v) is 8.67. The molecule has 2 amide bonds. The quantitative estimate of drug-likeness (QED) is 0.294. The van der Waals surface area contributed by atoms with Crippen LogP contribution in [0.5, 0.6) is 0 Å². The monoisotopic (exact) mass is 541 g/mol. The van der Waals surface area contributed by atoms with Gasteiger partial charge in [0.25, 0.3) is 11.8 Å². The smallest absolute Gasteiger partial charge is 0.257 e. The number of carbonyl (C=O) groups excluding carboxylic acids is 3. The van der Waals surface area contributed by atoms with E-state index in [4.69, 9.17) is 4.74 Å². The number of nitrogens with zero attached hydrogens (tertiary/aromatic N) is 3. The SMILES string of the molecule is CC.O=C(Nc1ccc(C(=O)c2ccc(NC(=O)c3ccnnc3)cc2)cc1)c1ccc(N2CCOCC2)cc1.[HH].[HH]. The van der Waals surface area contributed by atoms with Crippen LogP contribution in [0.25, 0.3) is 0 Å². The van der Waals surface area contributed by atoms with Crippen LogP contribution in [0.4, 0.5) is 17.1 Å². The molecule has 1 aromatic heterocycles. The van der Waals surface area contributed by atoms with Gasteiger partial charge in [-0.2, -0.15) is 10.2 Å². The maximum absolute atomic E-state index is 12.9. The molecule has 0 radical (unpaired) electrons. The topological polar surface area (TPSA) is 114 Å². The molecule has 1 saturated heterocycles. The highest BCUT2D eigenvalue weighted by atomic mass is 16.5. The van der Waals surface area contributed by atoms with Gasteiger partial charge in [-0.25, -0.2) is 0 Å². The van der Waals surface area contributed by atoms with E-state index >= 15 is 0 Å². The van der Waals surface area contributed by atoms with Crippen molar-refractivity contribution < 1.29 is 22.0 Å². The summed E-state index contributed by atoms with van der Waals surface area (Å²) in [7, 11) is 0. The van der Waals surface area contributed by atoms with Gasteiger partial charge in [-0.3, -0.25) is 14.4 Å². The minimum Gasteiger partial charge on any atom is -0.378 e. The summed E-state index contributed by atoms with van der Waals surface area (Å²) >= 11 is 0. The van der Waals surface area contributed by atoms with Crippen molar-refractivity contribution in [3.63, 3.8) is 0 Å². The molecule has 9 nitrogen and oxygen atoms in total. The number of carbonyl (C=O) groups is 3. The minimum absolute atomic E-state index is 0. The number of anilines is 3. The zero-order chi connectivity index (χ0) is 28.3. The molecule has 5 rings (SSSR count). The fourth-order valence-electron chi connectivity index (χ4n) is 4.05. The number of amides is 2. The molecule has 3 aromatic carbocycles. The molecule has 4 aromatic rings. The average Bonchev–Trinajstić information content (AvgIpc) is 3.03. The minimum atomic E-state index is -0.315. The van der Waals surface area contributed by atoms with Crippen molar-refractivity contribution in [1.29, 1.82) is 0 Å². The number of nitrogens with one attached hydrogen (secondary N) is 2. The number of aromatic nitrogens is 2. The maximum atomic E-state index is 12.9. The molecule has 9 heteroatoms. The van der Waals surface area contributed by atoms with Gasteiger partial charge >= 0.3 is 0 Å². The summed E-state index contributed by atoms with van der Waals surface area (Å²) in [6.45, 7) is 7.08. The Labute approximate surface area is 236 Å². The van der Waals surface area contributed by atoms with Gasteiger partial charge in [0, 0.05) is 49.7 Å². The molecule has 1 aliphatic heterocycles. The van der Waals surface area contributed by atoms with Crippen molar-refractivity contribution in [2.45, 2.75) is 13.8 Å². The summed E-state index contributed by atoms with van der Waals surface area (Å²) in [5.74, 6) is -0.708. The molecule has 0 bridgehead atoms. The van der Waals surface area contributed by atoms with Gasteiger partial charge in [0.05, 0.1) is 31.2 Å². The third-order valence-corrected chi connectivity index (χ3v) is 6.16. The van der Waals surface area contributed by atoms with E-state index in [1.165, 1.54) is 12.4 Å². The van der Waals surface area contributed by atoms with Crippen LogP contribution in [-0.2, 0) is 4.74 Å². The molecule has 0 aliphatic carbocycles. The van der Waals surface area contributed by atoms with Crippen LogP contribution in [0.2, 0.25) is 0 Å². The van der Waals surface area contributed by atoms with Crippen LogP contribution in [0, 0.1) is 0 Å². The Kier molecular flexibility index (Phi) is 9.68. The Morgan fingerprint density at radius 1 is 0.675 bits per heavy atom. The molecule has 2 N–H and O–H groups in total. The lowest BCUT2D eigenvalue weighted by Gasteiger charge is -2.28. The number of hydrogen-bond donors (Lipinski definition) is 2. The van der Waals surface area contributed by atoms with Crippen molar-refractivity contribution in [2.75, 3.05) is 41.8 Å². The lowest BCUT2D eigenvalue weighted by atomic mass is 10.0. The first kappa shape index (κ1) is 28.1. The van der Waals surface area contributed by atoms with E-state index in [2.05, 4.69) is 25.7 Å². The number of benzene rings is 3. The van der Waals surface area contributed by atoms with Crippen LogP contribution < -0.4 is 15.5 Å². The summed E-state index contributed by atoms with van der Waals surface area (Å²) in [5.41, 5.74) is 4.11. The number of rotatable bonds is 7. The van der Waals surface area contributed by atoms with Crippen LogP contribution >= 0.6 is 0 Å². The van der Waals surface area contributed by atoms with Crippen LogP contribution in [0.3, 0.4) is 0 Å². The van der Waals surface area contributed by atoms with Crippen molar-refractivity contribution in [2.24, 2.45) is 0 Å². The Hall–Kier alpha value is -4.89. The molecule has 0 spiro atoms. The van der Waals surface area contributed by atoms with E-state index < -0.39 is 0 Å². The zero-order valence-electron chi connectivity index (χ0n) is 22.5. The van der Waals surface area contributed by atoms with Crippen molar-refractivity contribution in [3.05, 3.63) is 114 Å². The number of hydrogen-bond acceptors (Lipinski definition) is 7. The number of ketones is 1. The van der Waals surface area contributed by atoms with Gasteiger partial charge in [-0.15, -0.1) is 0 Å². The van der Waals surface area contributed by atoms with Crippen molar-refractivity contribution >= 4 is 34.7 Å². The largest absolute Gasteiger partial charge is 0.378 e. The Balaban J connectivity index is 0.00000151. The molecular formula is C31H35N5O4. The second-order valence-electron chi connectivity index (χ2n) is 8.67. The van der Waals surface area contributed by atoms with E-state index in [9.17, 15) is 14.4 Å². The van der Waals surface area contributed by atoms with E-state index in [1.807, 2.05) is 26.0 Å². The second kappa shape index (κ2) is 13.8. The summed E-state index contributed by atoms with van der Waals surface area (Å²) in [6, 6.07) is 22.4. The molecule has 2 heterocycles. The summed E-state index contributed by atoms with van der Waals surface area (Å²) < 4.78 is 5.38. The third kappa shape index (κ3) is 7.15. The van der Waals surface area contributed by atoms with Gasteiger partial charge in [0.2, 0.25) is 0 Å². The summed E-state index contributed by atoms with van der Waals surface area (Å²) in [5, 5.41) is 13.0. The van der Waals surface area contributed by atoms with Crippen LogP contribution in [0.1, 0.15) is 53.3 Å². The van der Waals surface area contributed by atoms with Gasteiger partial charge in [0.1, 0.15) is 0 Å². The number of ether oxygens (including phenoxy) is 1. The third-order valence-electron chi connectivity index (χ3n) is 6.16. The van der Waals surface area contributed by atoms with Crippen molar-refractivity contribution in [1.82, 2.24) is 10.2 Å². The Morgan fingerprint density at radius 2 is 1.18 bits per heavy atom. The first-order valence-corrected chi connectivity index (χ1v) is 13.1. The predicted octanol–water partition coefficient (Wildman–Crippen LogP) is 5.57. The first-order valence-electron chi connectivity index (χ1n) is 13.1. The lowest BCUT2D eigenvalue weighted by molar-refractivity contribution is 0.101. The average molecular weight is 542 g/mol. The Bertz CT molecular complexity index is 1430. The van der Waals surface area contributed by atoms with Crippen LogP contribution in [-0.4, -0.2) is 54.1 Å². The summed E-state index contributed by atoms with van der Waals surface area (Å²) in [6.07, 6.45) is 2.82. The van der Waals surface area contributed by atoms with Crippen LogP contribution in [0.15, 0.2) is 91.3 Å². The molecule has 208 valence electrons. The van der Waals surface area contributed by atoms with Crippen molar-refractivity contribution in [3.8, 4) is 0 Å². The predicted molar refractivity (Wildman–Crippen MR) is 159 cm³/mol. The molecule has 0 unspecified atom stereocenters. The maximum Gasteiger partial charge on any atom is 0.257 e. The fourth-order valence-corrected chi connectivity index (χ4v) is 4.05. The summed E-state index contributed by atoms with van der Waals surface area (Å²) in [4.78, 5) is 40.1. The highest BCUT2D eigenvalue weighted by Crippen LogP contribution is 2.19. The van der Waals surface area contributed by atoms with Gasteiger partial charge in [-0.05, 0) is 78.9 Å². The molecule has 40 heavy (non-hydrogen) atoms. The molecule has 0 atom stereocenters. The Morgan fingerprint density at radius 3 is 1.68 bits per heavy atom. The lowest BCUT2D eigenvalue weighted by Crippen LogP contribution is -2.36. The standard InChI is InChI=1S/C29H25N5O4.C2H6.2H2/c35-27(21-3-9-25(10-4-21)33-29(37)23-13-14-30-31-19-23)20-1-7-24(8-2-20)32-28(36)22-5-11-26(12-6-22)34-15-17-38-18-16-34;1-2;;/h1-14,19H,15-18H2,(H,32,36)(H,33,37);1-2H3;2*1H. The van der Waals surface area contributed by atoms with Gasteiger partial charge in [-0.1, -0.05) is 13.8 Å². The fraction of sp³-hybridized carbons (Fsp3) is 0.194. The number of morpholine rings is 1. The highest BCUT2D eigenvalue weighted by Gasteiger charge is 2.14. The van der Waals surface area contributed by atoms with E-state index in [-0.39, 0.29) is 20.5 Å².